The molecule has 1 rings (SSSR count). The van der Waals surface area contributed by atoms with Crippen molar-refractivity contribution in [2.24, 2.45) is 0 Å². The Labute approximate surface area is 89.6 Å². The van der Waals surface area contributed by atoms with Gasteiger partial charge in [-0.05, 0) is 31.7 Å². The van der Waals surface area contributed by atoms with Crippen LogP contribution >= 0.6 is 0 Å². The second kappa shape index (κ2) is 6.03. The van der Waals surface area contributed by atoms with Crippen molar-refractivity contribution < 1.29 is 9.53 Å². The summed E-state index contributed by atoms with van der Waals surface area (Å²) in [4.78, 5) is 11.2. The highest BCUT2D eigenvalue weighted by molar-refractivity contribution is 5.70. The van der Waals surface area contributed by atoms with Crippen LogP contribution in [0, 0.1) is 6.92 Å². The molecule has 0 spiro atoms. The molecule has 4 heteroatoms. The summed E-state index contributed by atoms with van der Waals surface area (Å²) in [7, 11) is 1.83. The minimum atomic E-state index is -0.421. The number of hydrogen-bond donors (Lipinski definition) is 2. The maximum absolute atomic E-state index is 11.2. The Hall–Kier alpha value is -1.55. The minimum absolute atomic E-state index is 0.421. The minimum Gasteiger partial charge on any atom is -0.410 e. The highest BCUT2D eigenvalue weighted by atomic mass is 16.6. The first-order chi connectivity index (χ1) is 7.22. The number of benzene rings is 1. The van der Waals surface area contributed by atoms with Gasteiger partial charge in [-0.15, -0.1) is 0 Å². The summed E-state index contributed by atoms with van der Waals surface area (Å²) in [6, 6.07) is 7.37. The summed E-state index contributed by atoms with van der Waals surface area (Å²) in [5.41, 5.74) is 1.07. The van der Waals surface area contributed by atoms with Crippen LogP contribution in [0.25, 0.3) is 0 Å². The first kappa shape index (κ1) is 11.5. The number of ether oxygens (including phenoxy) is 1. The normalized spacial score (nSPS) is 9.73. The van der Waals surface area contributed by atoms with Crippen LogP contribution in [0.5, 0.6) is 5.75 Å². The Morgan fingerprint density at radius 3 is 2.87 bits per heavy atom. The van der Waals surface area contributed by atoms with Gasteiger partial charge in [0.25, 0.3) is 0 Å². The van der Waals surface area contributed by atoms with Crippen molar-refractivity contribution >= 4 is 6.09 Å². The number of likely N-dealkylation sites (N-methyl/N-ethyl adjacent to an activating group) is 1. The van der Waals surface area contributed by atoms with Gasteiger partial charge < -0.3 is 15.4 Å². The predicted molar refractivity (Wildman–Crippen MR) is 59.1 cm³/mol. The van der Waals surface area contributed by atoms with E-state index in [1.54, 1.807) is 6.07 Å². The van der Waals surface area contributed by atoms with Crippen LogP contribution in [0.2, 0.25) is 0 Å². The molecule has 15 heavy (non-hydrogen) atoms. The van der Waals surface area contributed by atoms with Gasteiger partial charge >= 0.3 is 6.09 Å². The molecule has 82 valence electrons. The van der Waals surface area contributed by atoms with E-state index in [-0.39, 0.29) is 0 Å². The molecule has 0 radical (unpaired) electrons. The molecule has 2 N–H and O–H groups in total. The van der Waals surface area contributed by atoms with E-state index in [1.165, 1.54) is 0 Å². The zero-order valence-corrected chi connectivity index (χ0v) is 9.04. The Balaban J connectivity index is 2.37. The fourth-order valence-electron chi connectivity index (χ4n) is 1.11. The SMILES string of the molecule is CNCCNC(=O)Oc1cccc(C)c1. The number of carbonyl (C=O) groups excluding carboxylic acids is 1. The highest BCUT2D eigenvalue weighted by Crippen LogP contribution is 2.11. The Kier molecular flexibility index (Phi) is 4.63. The van der Waals surface area contributed by atoms with Gasteiger partial charge in [0.2, 0.25) is 0 Å². The molecule has 1 amide bonds. The van der Waals surface area contributed by atoms with Crippen LogP contribution in [0.4, 0.5) is 4.79 Å². The maximum Gasteiger partial charge on any atom is 0.412 e. The van der Waals surface area contributed by atoms with Crippen LogP contribution in [-0.2, 0) is 0 Å². The van der Waals surface area contributed by atoms with Crippen molar-refractivity contribution in [1.29, 1.82) is 0 Å². The first-order valence-electron chi connectivity index (χ1n) is 4.89. The molecule has 0 atom stereocenters. The Bertz CT molecular complexity index is 326. The van der Waals surface area contributed by atoms with E-state index >= 15 is 0 Å². The van der Waals surface area contributed by atoms with Crippen LogP contribution in [0.3, 0.4) is 0 Å². The summed E-state index contributed by atoms with van der Waals surface area (Å²) in [6.45, 7) is 3.23. The van der Waals surface area contributed by atoms with Crippen molar-refractivity contribution in [3.8, 4) is 5.75 Å². The largest absolute Gasteiger partial charge is 0.412 e. The van der Waals surface area contributed by atoms with E-state index < -0.39 is 6.09 Å². The van der Waals surface area contributed by atoms with Crippen molar-refractivity contribution in [2.45, 2.75) is 6.92 Å². The summed E-state index contributed by atoms with van der Waals surface area (Å²) < 4.78 is 5.06. The lowest BCUT2D eigenvalue weighted by Crippen LogP contribution is -2.32. The monoisotopic (exact) mass is 208 g/mol. The lowest BCUT2D eigenvalue weighted by molar-refractivity contribution is 0.200. The number of nitrogens with one attached hydrogen (secondary N) is 2. The molecule has 0 aliphatic carbocycles. The average molecular weight is 208 g/mol. The van der Waals surface area contributed by atoms with Crippen molar-refractivity contribution in [3.63, 3.8) is 0 Å². The molecule has 0 aliphatic heterocycles. The van der Waals surface area contributed by atoms with Gasteiger partial charge in [-0.25, -0.2) is 4.79 Å². The van der Waals surface area contributed by atoms with Gasteiger partial charge in [-0.3, -0.25) is 0 Å². The third kappa shape index (κ3) is 4.46. The lowest BCUT2D eigenvalue weighted by Gasteiger charge is -2.06. The lowest BCUT2D eigenvalue weighted by atomic mass is 10.2. The second-order valence-corrected chi connectivity index (χ2v) is 3.24. The molecule has 0 heterocycles. The third-order valence-electron chi connectivity index (χ3n) is 1.84. The molecule has 0 aliphatic rings. The molecule has 0 unspecified atom stereocenters. The molecular formula is C11H16N2O2. The molecule has 0 bridgehead atoms. The van der Waals surface area contributed by atoms with Crippen molar-refractivity contribution in [1.82, 2.24) is 10.6 Å². The van der Waals surface area contributed by atoms with Crippen molar-refractivity contribution in [3.05, 3.63) is 29.8 Å². The van der Waals surface area contributed by atoms with Crippen LogP contribution in [0.1, 0.15) is 5.56 Å². The fraction of sp³-hybridized carbons (Fsp3) is 0.364. The maximum atomic E-state index is 11.2. The zero-order chi connectivity index (χ0) is 11.1. The Morgan fingerprint density at radius 2 is 2.20 bits per heavy atom. The standard InChI is InChI=1S/C11H16N2O2/c1-9-4-3-5-10(8-9)15-11(14)13-7-6-12-2/h3-5,8,12H,6-7H2,1-2H3,(H,13,14). The summed E-state index contributed by atoms with van der Waals surface area (Å²) in [6.07, 6.45) is -0.421. The quantitative estimate of drug-likeness (QED) is 0.733. The molecule has 0 fully saturated rings. The molecule has 0 saturated heterocycles. The van der Waals surface area contributed by atoms with E-state index in [2.05, 4.69) is 10.6 Å². The molecule has 1 aromatic rings. The summed E-state index contributed by atoms with van der Waals surface area (Å²) in [5, 5.41) is 5.55. The number of carbonyl (C=O) groups is 1. The van der Waals surface area contributed by atoms with Gasteiger partial charge in [0.1, 0.15) is 5.75 Å². The predicted octanol–water partition coefficient (Wildman–Crippen LogP) is 1.30. The summed E-state index contributed by atoms with van der Waals surface area (Å²) in [5.74, 6) is 0.567. The summed E-state index contributed by atoms with van der Waals surface area (Å²) >= 11 is 0. The van der Waals surface area contributed by atoms with E-state index in [1.807, 2.05) is 32.2 Å². The van der Waals surface area contributed by atoms with E-state index in [4.69, 9.17) is 4.74 Å². The second-order valence-electron chi connectivity index (χ2n) is 3.24. The first-order valence-corrected chi connectivity index (χ1v) is 4.89. The zero-order valence-electron chi connectivity index (χ0n) is 9.04. The average Bonchev–Trinajstić information content (AvgIpc) is 2.18. The van der Waals surface area contributed by atoms with Crippen LogP contribution < -0.4 is 15.4 Å². The van der Waals surface area contributed by atoms with E-state index in [0.717, 1.165) is 12.1 Å². The third-order valence-corrected chi connectivity index (χ3v) is 1.84. The molecule has 0 aromatic heterocycles. The van der Waals surface area contributed by atoms with Gasteiger partial charge in [0.15, 0.2) is 0 Å². The van der Waals surface area contributed by atoms with E-state index in [0.29, 0.717) is 12.3 Å². The number of aryl methyl sites for hydroxylation is 1. The number of rotatable bonds is 4. The molecule has 4 nitrogen and oxygen atoms in total. The van der Waals surface area contributed by atoms with Gasteiger partial charge in [0.05, 0.1) is 0 Å². The van der Waals surface area contributed by atoms with E-state index in [9.17, 15) is 4.79 Å². The topological polar surface area (TPSA) is 50.4 Å². The molecular weight excluding hydrogens is 192 g/mol. The number of hydrogen-bond acceptors (Lipinski definition) is 3. The van der Waals surface area contributed by atoms with Gasteiger partial charge in [-0.2, -0.15) is 0 Å². The van der Waals surface area contributed by atoms with Crippen molar-refractivity contribution in [2.75, 3.05) is 20.1 Å². The Morgan fingerprint density at radius 1 is 1.40 bits per heavy atom. The van der Waals surface area contributed by atoms with Gasteiger partial charge in [0, 0.05) is 13.1 Å². The fourth-order valence-corrected chi connectivity index (χ4v) is 1.11. The van der Waals surface area contributed by atoms with Crippen LogP contribution in [-0.4, -0.2) is 26.2 Å². The smallest absolute Gasteiger partial charge is 0.410 e. The molecule has 1 aromatic carbocycles. The number of amides is 1. The van der Waals surface area contributed by atoms with Gasteiger partial charge in [-0.1, -0.05) is 12.1 Å². The molecule has 0 saturated carbocycles. The van der Waals surface area contributed by atoms with Crippen LogP contribution in [0.15, 0.2) is 24.3 Å². The highest BCUT2D eigenvalue weighted by Gasteiger charge is 2.02.